The molecule has 0 radical (unpaired) electrons. The van der Waals surface area contributed by atoms with Gasteiger partial charge in [-0.1, -0.05) is 30.3 Å². The third-order valence-electron chi connectivity index (χ3n) is 5.21. The van der Waals surface area contributed by atoms with E-state index >= 15 is 0 Å². The fourth-order valence-electron chi connectivity index (χ4n) is 3.66. The molecule has 5 rings (SSSR count). The second-order valence-corrected chi connectivity index (χ2v) is 7.19. The topological polar surface area (TPSA) is 91.0 Å². The van der Waals surface area contributed by atoms with Crippen molar-refractivity contribution in [2.75, 3.05) is 0 Å². The monoisotopic (exact) mass is 409 g/mol. The Balaban J connectivity index is 1.53. The average molecular weight is 409 g/mol. The second-order valence-electron chi connectivity index (χ2n) is 7.19. The van der Waals surface area contributed by atoms with Crippen molar-refractivity contribution >= 4 is 39.6 Å². The first-order chi connectivity index (χ1) is 15.2. The molecule has 3 heterocycles. The van der Waals surface area contributed by atoms with E-state index in [1.54, 1.807) is 24.7 Å². The van der Waals surface area contributed by atoms with Gasteiger partial charge in [-0.05, 0) is 42.0 Å². The van der Waals surface area contributed by atoms with Crippen molar-refractivity contribution < 1.29 is 14.6 Å². The Morgan fingerprint density at radius 1 is 1.00 bits per heavy atom. The highest BCUT2D eigenvalue weighted by Crippen LogP contribution is 2.31. The summed E-state index contributed by atoms with van der Waals surface area (Å²) in [6.45, 7) is 0.441. The van der Waals surface area contributed by atoms with E-state index in [-0.39, 0.29) is 5.57 Å². The van der Waals surface area contributed by atoms with E-state index in [1.165, 1.54) is 0 Å². The number of pyridine rings is 1. The maximum absolute atomic E-state index is 12.2. The Bertz CT molecular complexity index is 1410. The number of carboxylic acid groups (broad SMARTS) is 1. The standard InChI is InChI=1S/C25H19N3O3/c29-25(30)21(11-17-13-28-24-19(17)7-4-10-26-24)22-14-27-23-9-8-18(12-20(22)23)31-15-16-5-2-1-3-6-16/h1-14,27H,15H2,(H,26,28)(H,29,30)/b21-11-. The lowest BCUT2D eigenvalue weighted by molar-refractivity contribution is -0.130. The van der Waals surface area contributed by atoms with Crippen LogP contribution < -0.4 is 4.74 Å². The van der Waals surface area contributed by atoms with Crippen molar-refractivity contribution in [1.82, 2.24) is 15.0 Å². The van der Waals surface area contributed by atoms with Gasteiger partial charge in [-0.3, -0.25) is 0 Å². The second kappa shape index (κ2) is 7.84. The Morgan fingerprint density at radius 3 is 2.71 bits per heavy atom. The molecule has 0 unspecified atom stereocenters. The molecule has 2 aromatic carbocycles. The van der Waals surface area contributed by atoms with E-state index in [0.717, 1.165) is 27.4 Å². The molecular weight excluding hydrogens is 390 g/mol. The molecule has 0 bridgehead atoms. The van der Waals surface area contributed by atoms with Crippen molar-refractivity contribution in [1.29, 1.82) is 0 Å². The fraction of sp³-hybridized carbons (Fsp3) is 0.0400. The summed E-state index contributed by atoms with van der Waals surface area (Å²) in [6, 6.07) is 19.3. The molecule has 0 aliphatic rings. The number of hydrogen-bond acceptors (Lipinski definition) is 3. The van der Waals surface area contributed by atoms with Crippen LogP contribution in [0.2, 0.25) is 0 Å². The van der Waals surface area contributed by atoms with Crippen LogP contribution in [0, 0.1) is 0 Å². The van der Waals surface area contributed by atoms with Crippen LogP contribution in [0.1, 0.15) is 16.7 Å². The quantitative estimate of drug-likeness (QED) is 0.334. The third kappa shape index (κ3) is 3.67. The van der Waals surface area contributed by atoms with E-state index in [1.807, 2.05) is 60.7 Å². The molecule has 0 aliphatic carbocycles. The minimum Gasteiger partial charge on any atom is -0.489 e. The van der Waals surface area contributed by atoms with Crippen molar-refractivity contribution in [3.8, 4) is 5.75 Å². The highest BCUT2D eigenvalue weighted by Gasteiger charge is 2.17. The van der Waals surface area contributed by atoms with Crippen LogP contribution in [0.4, 0.5) is 0 Å². The molecule has 0 fully saturated rings. The summed E-state index contributed by atoms with van der Waals surface area (Å²) in [5, 5.41) is 11.6. The highest BCUT2D eigenvalue weighted by molar-refractivity contribution is 6.24. The number of ether oxygens (including phenoxy) is 1. The van der Waals surface area contributed by atoms with Crippen LogP contribution in [-0.4, -0.2) is 26.0 Å². The van der Waals surface area contributed by atoms with Gasteiger partial charge in [0.25, 0.3) is 0 Å². The van der Waals surface area contributed by atoms with Crippen molar-refractivity contribution in [2.45, 2.75) is 6.61 Å². The SMILES string of the molecule is O=C(O)/C(=C\c1c[nH]c2ncccc12)c1c[nH]c2ccc(OCc3ccccc3)cc12. The predicted molar refractivity (Wildman–Crippen MR) is 121 cm³/mol. The minimum absolute atomic E-state index is 0.191. The number of benzene rings is 2. The lowest BCUT2D eigenvalue weighted by Gasteiger charge is -2.07. The number of fused-ring (bicyclic) bond motifs is 2. The van der Waals surface area contributed by atoms with Crippen LogP contribution >= 0.6 is 0 Å². The zero-order valence-electron chi connectivity index (χ0n) is 16.5. The molecule has 6 nitrogen and oxygen atoms in total. The molecule has 6 heteroatoms. The molecule has 3 aromatic heterocycles. The Morgan fingerprint density at radius 2 is 1.87 bits per heavy atom. The van der Waals surface area contributed by atoms with Gasteiger partial charge in [0.1, 0.15) is 18.0 Å². The normalized spacial score (nSPS) is 11.8. The van der Waals surface area contributed by atoms with Crippen LogP contribution in [0.3, 0.4) is 0 Å². The zero-order chi connectivity index (χ0) is 21.2. The van der Waals surface area contributed by atoms with Gasteiger partial charge in [0.15, 0.2) is 0 Å². The minimum atomic E-state index is -1.00. The molecule has 0 spiro atoms. The van der Waals surface area contributed by atoms with E-state index in [0.29, 0.717) is 23.6 Å². The van der Waals surface area contributed by atoms with E-state index < -0.39 is 5.97 Å². The molecule has 0 amide bonds. The average Bonchev–Trinajstić information content (AvgIpc) is 3.40. The third-order valence-corrected chi connectivity index (χ3v) is 5.21. The highest BCUT2D eigenvalue weighted by atomic mass is 16.5. The van der Waals surface area contributed by atoms with Crippen LogP contribution in [0.5, 0.6) is 5.75 Å². The van der Waals surface area contributed by atoms with Crippen molar-refractivity contribution in [2.24, 2.45) is 0 Å². The van der Waals surface area contributed by atoms with E-state index in [9.17, 15) is 9.90 Å². The van der Waals surface area contributed by atoms with E-state index in [4.69, 9.17) is 4.74 Å². The molecule has 0 saturated carbocycles. The van der Waals surface area contributed by atoms with Gasteiger partial charge in [-0.25, -0.2) is 9.78 Å². The van der Waals surface area contributed by atoms with Crippen LogP contribution in [0.25, 0.3) is 33.6 Å². The summed E-state index contributed by atoms with van der Waals surface area (Å²) in [7, 11) is 0. The number of carboxylic acids is 1. The molecule has 0 saturated heterocycles. The molecular formula is C25H19N3O3. The van der Waals surface area contributed by atoms with Crippen LogP contribution in [0.15, 0.2) is 79.3 Å². The Hall–Kier alpha value is -4.32. The number of H-pyrrole nitrogens is 2. The summed E-state index contributed by atoms with van der Waals surface area (Å²) >= 11 is 0. The Kier molecular flexibility index (Phi) is 4.72. The van der Waals surface area contributed by atoms with Gasteiger partial charge in [0, 0.05) is 46.0 Å². The summed E-state index contributed by atoms with van der Waals surface area (Å²) in [4.78, 5) is 22.7. The number of aromatic nitrogens is 3. The number of aromatic amines is 2. The number of nitrogens with one attached hydrogen (secondary N) is 2. The summed E-state index contributed by atoms with van der Waals surface area (Å²) in [5.74, 6) is -0.326. The van der Waals surface area contributed by atoms with Crippen molar-refractivity contribution in [3.63, 3.8) is 0 Å². The number of hydrogen-bond donors (Lipinski definition) is 3. The van der Waals surface area contributed by atoms with Gasteiger partial charge in [0.05, 0.1) is 5.57 Å². The van der Waals surface area contributed by atoms with Gasteiger partial charge >= 0.3 is 5.97 Å². The number of carbonyl (C=O) groups is 1. The first kappa shape index (κ1) is 18.7. The lowest BCUT2D eigenvalue weighted by Crippen LogP contribution is -1.99. The van der Waals surface area contributed by atoms with E-state index in [2.05, 4.69) is 15.0 Å². The summed E-state index contributed by atoms with van der Waals surface area (Å²) in [6.07, 6.45) is 6.85. The number of nitrogens with zero attached hydrogens (tertiary/aromatic N) is 1. The number of aliphatic carboxylic acids is 1. The Labute approximate surface area is 177 Å². The van der Waals surface area contributed by atoms with Gasteiger partial charge in [0.2, 0.25) is 0 Å². The fourth-order valence-corrected chi connectivity index (χ4v) is 3.66. The maximum atomic E-state index is 12.2. The predicted octanol–water partition coefficient (Wildman–Crippen LogP) is 5.25. The van der Waals surface area contributed by atoms with Gasteiger partial charge < -0.3 is 19.8 Å². The van der Waals surface area contributed by atoms with Gasteiger partial charge in [-0.15, -0.1) is 0 Å². The van der Waals surface area contributed by atoms with Crippen molar-refractivity contribution in [3.05, 3.63) is 95.9 Å². The van der Waals surface area contributed by atoms with Gasteiger partial charge in [-0.2, -0.15) is 0 Å². The first-order valence-corrected chi connectivity index (χ1v) is 9.84. The molecule has 5 aromatic rings. The molecule has 3 N–H and O–H groups in total. The number of rotatable bonds is 6. The largest absolute Gasteiger partial charge is 0.489 e. The zero-order valence-corrected chi connectivity index (χ0v) is 16.5. The smallest absolute Gasteiger partial charge is 0.336 e. The summed E-state index contributed by atoms with van der Waals surface area (Å²) < 4.78 is 5.93. The molecule has 0 atom stereocenters. The summed E-state index contributed by atoms with van der Waals surface area (Å²) in [5.41, 5.74) is 4.19. The van der Waals surface area contributed by atoms with Crippen LogP contribution in [-0.2, 0) is 11.4 Å². The molecule has 152 valence electrons. The maximum Gasteiger partial charge on any atom is 0.336 e. The molecule has 31 heavy (non-hydrogen) atoms. The lowest BCUT2D eigenvalue weighted by atomic mass is 10.0. The molecule has 0 aliphatic heterocycles. The first-order valence-electron chi connectivity index (χ1n) is 9.84.